The second-order valence-corrected chi connectivity index (χ2v) is 7.67. The van der Waals surface area contributed by atoms with E-state index in [-0.39, 0.29) is 17.1 Å². The van der Waals surface area contributed by atoms with E-state index < -0.39 is 0 Å². The van der Waals surface area contributed by atoms with Crippen molar-refractivity contribution in [2.24, 2.45) is 7.05 Å². The molecule has 2 aromatic carbocycles. The minimum absolute atomic E-state index is 0.0283. The van der Waals surface area contributed by atoms with Crippen molar-refractivity contribution in [2.45, 2.75) is 29.2 Å². The monoisotopic (exact) mass is 380 g/mol. The number of hydrogen-bond donors (Lipinski definition) is 0. The van der Waals surface area contributed by atoms with Crippen LogP contribution in [0.5, 0.6) is 0 Å². The molecule has 27 heavy (non-hydrogen) atoms. The molecule has 0 saturated carbocycles. The molecule has 3 rings (SSSR count). The number of carbonyl (C=O) groups excluding carboxylic acids is 1. The summed E-state index contributed by atoms with van der Waals surface area (Å²) in [6.45, 7) is 0. The summed E-state index contributed by atoms with van der Waals surface area (Å²) in [6.07, 6.45) is 4.93. The van der Waals surface area contributed by atoms with E-state index in [9.17, 15) is 4.79 Å². The van der Waals surface area contributed by atoms with Gasteiger partial charge in [-0.3, -0.25) is 4.79 Å². The molecule has 0 saturated heterocycles. The molecular formula is C22H24N2O2S. The highest BCUT2D eigenvalue weighted by Crippen LogP contribution is 2.37. The van der Waals surface area contributed by atoms with Crippen LogP contribution in [-0.4, -0.2) is 27.9 Å². The number of hydrogen-bond acceptors (Lipinski definition) is 4. The van der Waals surface area contributed by atoms with Gasteiger partial charge in [0, 0.05) is 30.6 Å². The van der Waals surface area contributed by atoms with Gasteiger partial charge in [-0.1, -0.05) is 72.4 Å². The third-order valence-corrected chi connectivity index (χ3v) is 6.01. The fraction of sp³-hybridized carbons (Fsp3) is 0.273. The maximum atomic E-state index is 12.2. The van der Waals surface area contributed by atoms with Crippen LogP contribution in [0.3, 0.4) is 0 Å². The van der Waals surface area contributed by atoms with Crippen LogP contribution in [0, 0.1) is 0 Å². The van der Waals surface area contributed by atoms with Crippen molar-refractivity contribution in [3.05, 3.63) is 84.2 Å². The molecule has 0 aliphatic carbocycles. The Morgan fingerprint density at radius 2 is 1.78 bits per heavy atom. The molecule has 2 atom stereocenters. The maximum absolute atomic E-state index is 12.2. The molecular weight excluding hydrogens is 356 g/mol. The van der Waals surface area contributed by atoms with E-state index in [1.165, 1.54) is 12.7 Å². The van der Waals surface area contributed by atoms with Crippen LogP contribution in [0.1, 0.15) is 23.5 Å². The van der Waals surface area contributed by atoms with Crippen LogP contribution in [0.4, 0.5) is 0 Å². The van der Waals surface area contributed by atoms with E-state index in [4.69, 9.17) is 4.74 Å². The van der Waals surface area contributed by atoms with Crippen LogP contribution in [0.15, 0.2) is 78.2 Å². The topological polar surface area (TPSA) is 44.1 Å². The van der Waals surface area contributed by atoms with Crippen molar-refractivity contribution in [1.29, 1.82) is 0 Å². The zero-order valence-corrected chi connectivity index (χ0v) is 16.4. The first kappa shape index (κ1) is 19.2. The van der Waals surface area contributed by atoms with Crippen molar-refractivity contribution in [2.75, 3.05) is 7.11 Å². The van der Waals surface area contributed by atoms with Gasteiger partial charge in [0.15, 0.2) is 5.16 Å². The van der Waals surface area contributed by atoms with Crippen molar-refractivity contribution >= 4 is 17.7 Å². The van der Waals surface area contributed by atoms with Gasteiger partial charge in [0.05, 0.1) is 13.5 Å². The van der Waals surface area contributed by atoms with Crippen LogP contribution in [0.25, 0.3) is 0 Å². The van der Waals surface area contributed by atoms with Gasteiger partial charge < -0.3 is 9.30 Å². The van der Waals surface area contributed by atoms with Gasteiger partial charge in [0.2, 0.25) is 0 Å². The Balaban J connectivity index is 1.95. The zero-order valence-electron chi connectivity index (χ0n) is 15.6. The van der Waals surface area contributed by atoms with Gasteiger partial charge in [-0.2, -0.15) is 0 Å². The zero-order chi connectivity index (χ0) is 19.1. The average Bonchev–Trinajstić information content (AvgIpc) is 3.11. The molecule has 140 valence electrons. The van der Waals surface area contributed by atoms with Crippen LogP contribution < -0.4 is 0 Å². The summed E-state index contributed by atoms with van der Waals surface area (Å²) in [6, 6.07) is 20.6. The Labute approximate surface area is 164 Å². The minimum Gasteiger partial charge on any atom is -0.469 e. The quantitative estimate of drug-likeness (QED) is 0.427. The van der Waals surface area contributed by atoms with E-state index >= 15 is 0 Å². The summed E-state index contributed by atoms with van der Waals surface area (Å²) in [7, 11) is 3.44. The van der Waals surface area contributed by atoms with E-state index in [1.54, 1.807) is 18.0 Å². The standard InChI is InChI=1S/C22H24N2O2S/c1-24-14-13-23-22(24)27-20(15-17-9-5-3-6-10-17)19(16-21(25)26-2)18-11-7-4-8-12-18/h3-14,19-20H,15-16H2,1-2H3/t19-,20+/m1/s1. The number of thioether (sulfide) groups is 1. The Kier molecular flexibility index (Phi) is 6.71. The van der Waals surface area contributed by atoms with E-state index in [2.05, 4.69) is 41.4 Å². The highest BCUT2D eigenvalue weighted by molar-refractivity contribution is 7.99. The summed E-state index contributed by atoms with van der Waals surface area (Å²) in [5.41, 5.74) is 2.39. The molecule has 0 aliphatic rings. The largest absolute Gasteiger partial charge is 0.469 e. The number of ether oxygens (including phenoxy) is 1. The Morgan fingerprint density at radius 3 is 2.37 bits per heavy atom. The van der Waals surface area contributed by atoms with Gasteiger partial charge in [0.1, 0.15) is 0 Å². The molecule has 5 heteroatoms. The number of aromatic nitrogens is 2. The van der Waals surface area contributed by atoms with Crippen LogP contribution >= 0.6 is 11.8 Å². The Bertz CT molecular complexity index is 849. The number of aryl methyl sites for hydroxylation is 1. The molecule has 1 heterocycles. The van der Waals surface area contributed by atoms with Gasteiger partial charge in [-0.15, -0.1) is 0 Å². The number of carbonyl (C=O) groups is 1. The summed E-state index contributed by atoms with van der Waals surface area (Å²) < 4.78 is 7.01. The fourth-order valence-electron chi connectivity index (χ4n) is 3.14. The summed E-state index contributed by atoms with van der Waals surface area (Å²) in [4.78, 5) is 16.7. The molecule has 3 aromatic rings. The first-order valence-corrected chi connectivity index (χ1v) is 9.85. The smallest absolute Gasteiger partial charge is 0.306 e. The summed E-state index contributed by atoms with van der Waals surface area (Å²) in [5, 5.41) is 1.09. The molecule has 0 N–H and O–H groups in total. The predicted molar refractivity (Wildman–Crippen MR) is 109 cm³/mol. The van der Waals surface area contributed by atoms with Crippen molar-refractivity contribution in [1.82, 2.24) is 9.55 Å². The molecule has 1 aromatic heterocycles. The molecule has 0 amide bonds. The average molecular weight is 381 g/mol. The molecule has 4 nitrogen and oxygen atoms in total. The predicted octanol–water partition coefficient (Wildman–Crippen LogP) is 4.47. The van der Waals surface area contributed by atoms with Crippen LogP contribution in [0.2, 0.25) is 0 Å². The third kappa shape index (κ3) is 5.23. The lowest BCUT2D eigenvalue weighted by molar-refractivity contribution is -0.141. The number of esters is 1. The number of imidazole rings is 1. The number of nitrogens with zero attached hydrogens (tertiary/aromatic N) is 2. The minimum atomic E-state index is -0.192. The second-order valence-electron chi connectivity index (χ2n) is 6.46. The molecule has 0 spiro atoms. The normalized spacial score (nSPS) is 13.1. The molecule has 0 radical (unpaired) electrons. The Morgan fingerprint density at radius 1 is 1.11 bits per heavy atom. The lowest BCUT2D eigenvalue weighted by atomic mass is 9.89. The Hall–Kier alpha value is -2.53. The van der Waals surface area contributed by atoms with Crippen molar-refractivity contribution < 1.29 is 9.53 Å². The first-order valence-electron chi connectivity index (χ1n) is 8.97. The van der Waals surface area contributed by atoms with Crippen LogP contribution in [-0.2, 0) is 23.0 Å². The van der Waals surface area contributed by atoms with E-state index in [1.807, 2.05) is 42.1 Å². The molecule has 0 aliphatic heterocycles. The van der Waals surface area contributed by atoms with Gasteiger partial charge in [0.25, 0.3) is 0 Å². The highest BCUT2D eigenvalue weighted by Gasteiger charge is 2.28. The number of methoxy groups -OCH3 is 1. The van der Waals surface area contributed by atoms with Crippen molar-refractivity contribution in [3.63, 3.8) is 0 Å². The van der Waals surface area contributed by atoms with Gasteiger partial charge in [-0.05, 0) is 17.5 Å². The molecule has 0 unspecified atom stereocenters. The SMILES string of the molecule is COC(=O)C[C@H](c1ccccc1)[C@H](Cc1ccccc1)Sc1nccn1C. The third-order valence-electron chi connectivity index (χ3n) is 4.60. The number of rotatable bonds is 8. The first-order chi connectivity index (χ1) is 13.2. The molecule has 0 bridgehead atoms. The molecule has 0 fully saturated rings. The summed E-state index contributed by atoms with van der Waals surface area (Å²) >= 11 is 1.72. The van der Waals surface area contributed by atoms with Gasteiger partial charge >= 0.3 is 5.97 Å². The summed E-state index contributed by atoms with van der Waals surface area (Å²) in [5.74, 6) is -0.164. The maximum Gasteiger partial charge on any atom is 0.306 e. The van der Waals surface area contributed by atoms with Gasteiger partial charge in [-0.25, -0.2) is 4.98 Å². The second kappa shape index (κ2) is 9.42. The highest BCUT2D eigenvalue weighted by atomic mass is 32.2. The van der Waals surface area contributed by atoms with Crippen molar-refractivity contribution in [3.8, 4) is 0 Å². The number of benzene rings is 2. The van der Waals surface area contributed by atoms with E-state index in [0.717, 1.165) is 17.1 Å². The lowest BCUT2D eigenvalue weighted by Crippen LogP contribution is -2.22. The lowest BCUT2D eigenvalue weighted by Gasteiger charge is -2.26. The fourth-order valence-corrected chi connectivity index (χ4v) is 4.45. The van der Waals surface area contributed by atoms with E-state index in [0.29, 0.717) is 6.42 Å².